The summed E-state index contributed by atoms with van der Waals surface area (Å²) < 4.78 is 2.20. The van der Waals surface area contributed by atoms with Crippen LogP contribution in [0.25, 0.3) is 16.8 Å². The number of pyridine rings is 2. The maximum atomic E-state index is 10.5. The molecule has 3 aromatic heterocycles. The fourth-order valence-electron chi connectivity index (χ4n) is 4.36. The van der Waals surface area contributed by atoms with Gasteiger partial charge in [0.2, 0.25) is 0 Å². The molecule has 0 fully saturated rings. The van der Waals surface area contributed by atoms with Gasteiger partial charge in [-0.1, -0.05) is 42.5 Å². The van der Waals surface area contributed by atoms with Crippen molar-refractivity contribution in [2.45, 2.75) is 19.4 Å². The Hall–Kier alpha value is -4.12. The molecule has 3 heterocycles. The summed E-state index contributed by atoms with van der Waals surface area (Å²) >= 11 is 0. The summed E-state index contributed by atoms with van der Waals surface area (Å²) in [6.45, 7) is 0.555. The second kappa shape index (κ2) is 9.17. The van der Waals surface area contributed by atoms with Crippen LogP contribution in [0.2, 0.25) is 0 Å². The van der Waals surface area contributed by atoms with Crippen LogP contribution in [0.1, 0.15) is 23.5 Å². The molecule has 1 atom stereocenters. The first kappa shape index (κ1) is 20.8. The first-order chi connectivity index (χ1) is 16.2. The minimum atomic E-state index is 0.257. The van der Waals surface area contributed by atoms with Gasteiger partial charge in [-0.05, 0) is 72.9 Å². The third-order valence-electron chi connectivity index (χ3n) is 5.99. The number of nitrogens with zero attached hydrogens (tertiary/aromatic N) is 3. The molecule has 4 aromatic rings. The zero-order chi connectivity index (χ0) is 22.6. The molecule has 0 spiro atoms. The predicted octanol–water partition coefficient (Wildman–Crippen LogP) is 5.48. The number of nitrogen functional groups attached to an aromatic ring is 1. The minimum absolute atomic E-state index is 0.257. The Morgan fingerprint density at radius 1 is 0.909 bits per heavy atom. The maximum absolute atomic E-state index is 10.5. The second-order valence-corrected chi connectivity index (χ2v) is 8.30. The lowest BCUT2D eigenvalue weighted by atomic mass is 9.91. The van der Waals surface area contributed by atoms with E-state index in [1.807, 2.05) is 48.7 Å². The molecule has 1 aromatic carbocycles. The summed E-state index contributed by atoms with van der Waals surface area (Å²) in [5.41, 5.74) is 11.9. The number of nitrogens with two attached hydrogens (primary N) is 1. The lowest BCUT2D eigenvalue weighted by molar-refractivity contribution is 0.476. The van der Waals surface area contributed by atoms with Gasteiger partial charge in [-0.15, -0.1) is 0 Å². The largest absolute Gasteiger partial charge is 0.507 e. The highest BCUT2D eigenvalue weighted by molar-refractivity contribution is 5.78. The molecule has 0 radical (unpaired) electrons. The summed E-state index contributed by atoms with van der Waals surface area (Å²) in [6, 6.07) is 23.3. The molecule has 0 aliphatic heterocycles. The first-order valence-corrected chi connectivity index (χ1v) is 11.2. The van der Waals surface area contributed by atoms with Crippen LogP contribution in [0.4, 0.5) is 5.82 Å². The number of phenols is 1. The predicted molar refractivity (Wildman–Crippen MR) is 132 cm³/mol. The number of para-hydroxylation sites is 1. The highest BCUT2D eigenvalue weighted by atomic mass is 16.3. The van der Waals surface area contributed by atoms with Gasteiger partial charge < -0.3 is 15.4 Å². The molecule has 164 valence electrons. The third-order valence-corrected chi connectivity index (χ3v) is 5.99. The van der Waals surface area contributed by atoms with Crippen LogP contribution in [-0.4, -0.2) is 19.6 Å². The quantitative estimate of drug-likeness (QED) is 0.421. The average Bonchev–Trinajstić information content (AvgIpc) is 3.24. The van der Waals surface area contributed by atoms with Crippen LogP contribution in [0.5, 0.6) is 5.75 Å². The van der Waals surface area contributed by atoms with Crippen molar-refractivity contribution in [3.8, 4) is 17.0 Å². The van der Waals surface area contributed by atoms with Crippen LogP contribution >= 0.6 is 0 Å². The molecule has 0 saturated carbocycles. The summed E-state index contributed by atoms with van der Waals surface area (Å²) in [7, 11) is 0. The minimum Gasteiger partial charge on any atom is -0.507 e. The van der Waals surface area contributed by atoms with Crippen molar-refractivity contribution in [1.82, 2.24) is 14.5 Å². The van der Waals surface area contributed by atoms with E-state index >= 15 is 0 Å². The highest BCUT2D eigenvalue weighted by Crippen LogP contribution is 2.34. The van der Waals surface area contributed by atoms with E-state index in [-0.39, 0.29) is 5.75 Å². The Kier molecular flexibility index (Phi) is 5.77. The van der Waals surface area contributed by atoms with Gasteiger partial charge in [0, 0.05) is 23.1 Å². The molecule has 33 heavy (non-hydrogen) atoms. The fraction of sp³-hybridized carbons (Fsp3) is 0.143. The van der Waals surface area contributed by atoms with Gasteiger partial charge in [-0.3, -0.25) is 4.98 Å². The molecule has 5 rings (SSSR count). The summed E-state index contributed by atoms with van der Waals surface area (Å²) in [6.07, 6.45) is 10.5. The van der Waals surface area contributed by atoms with Crippen molar-refractivity contribution in [3.63, 3.8) is 0 Å². The Labute approximate surface area is 193 Å². The number of aromatic hydroxyl groups is 1. The summed E-state index contributed by atoms with van der Waals surface area (Å²) in [5, 5.41) is 10.5. The topological polar surface area (TPSA) is 77.0 Å². The number of benzene rings is 1. The normalized spacial score (nSPS) is 15.4. The van der Waals surface area contributed by atoms with Gasteiger partial charge in [0.25, 0.3) is 0 Å². The van der Waals surface area contributed by atoms with Crippen LogP contribution < -0.4 is 5.73 Å². The van der Waals surface area contributed by atoms with E-state index in [1.54, 1.807) is 12.1 Å². The number of allylic oxidation sites excluding steroid dienone is 4. The highest BCUT2D eigenvalue weighted by Gasteiger charge is 2.18. The van der Waals surface area contributed by atoms with Crippen molar-refractivity contribution < 1.29 is 5.11 Å². The van der Waals surface area contributed by atoms with E-state index in [1.165, 1.54) is 0 Å². The third kappa shape index (κ3) is 4.58. The van der Waals surface area contributed by atoms with Gasteiger partial charge in [-0.25, -0.2) is 4.98 Å². The zero-order valence-electron chi connectivity index (χ0n) is 18.3. The van der Waals surface area contributed by atoms with Crippen molar-refractivity contribution >= 4 is 11.4 Å². The Balaban J connectivity index is 1.47. The standard InChI is InChI=1S/C28H26N4O/c29-28-10-5-7-23(31-28)19-32-25(15-16-26(32)24-8-1-2-9-27(24)33)21-13-11-20(12-14-21)18-22-6-3-4-17-30-22/h1-11,13-17,20,33H,12,18-19H2,(H2,29,31). The number of anilines is 1. The van der Waals surface area contributed by atoms with Crippen molar-refractivity contribution in [2.24, 2.45) is 5.92 Å². The van der Waals surface area contributed by atoms with E-state index in [0.717, 1.165) is 46.8 Å². The van der Waals surface area contributed by atoms with Gasteiger partial charge >= 0.3 is 0 Å². The molecular weight excluding hydrogens is 408 g/mol. The number of rotatable bonds is 6. The smallest absolute Gasteiger partial charge is 0.124 e. The van der Waals surface area contributed by atoms with Gasteiger partial charge in [-0.2, -0.15) is 0 Å². The number of hydrogen-bond acceptors (Lipinski definition) is 4. The SMILES string of the molecule is Nc1cccc(Cn2c(C3=CCC(Cc4ccccn4)C=C3)ccc2-c2ccccc2O)n1. The monoisotopic (exact) mass is 434 g/mol. The van der Waals surface area contributed by atoms with Gasteiger partial charge in [0.15, 0.2) is 0 Å². The zero-order valence-corrected chi connectivity index (χ0v) is 18.3. The Bertz CT molecular complexity index is 1320. The maximum Gasteiger partial charge on any atom is 0.124 e. The molecule has 1 aliphatic carbocycles. The van der Waals surface area contributed by atoms with Crippen LogP contribution in [0.3, 0.4) is 0 Å². The lowest BCUT2D eigenvalue weighted by Gasteiger charge is -2.19. The van der Waals surface area contributed by atoms with Crippen LogP contribution in [-0.2, 0) is 13.0 Å². The van der Waals surface area contributed by atoms with Crippen LogP contribution in [0, 0.1) is 5.92 Å². The van der Waals surface area contributed by atoms with E-state index in [0.29, 0.717) is 18.3 Å². The molecule has 1 unspecified atom stereocenters. The van der Waals surface area contributed by atoms with E-state index in [9.17, 15) is 5.11 Å². The summed E-state index contributed by atoms with van der Waals surface area (Å²) in [5.74, 6) is 1.19. The number of hydrogen-bond donors (Lipinski definition) is 2. The lowest BCUT2D eigenvalue weighted by Crippen LogP contribution is -2.10. The van der Waals surface area contributed by atoms with E-state index in [4.69, 9.17) is 5.73 Å². The molecule has 5 heteroatoms. The molecule has 5 nitrogen and oxygen atoms in total. The van der Waals surface area contributed by atoms with Gasteiger partial charge in [0.1, 0.15) is 11.6 Å². The number of phenolic OH excluding ortho intramolecular Hbond substituents is 1. The van der Waals surface area contributed by atoms with Crippen molar-refractivity contribution in [1.29, 1.82) is 0 Å². The molecule has 1 aliphatic rings. The van der Waals surface area contributed by atoms with Crippen molar-refractivity contribution in [2.75, 3.05) is 5.73 Å². The number of aromatic nitrogens is 3. The molecular formula is C28H26N4O. The van der Waals surface area contributed by atoms with Crippen molar-refractivity contribution in [3.05, 3.63) is 114 Å². The van der Waals surface area contributed by atoms with E-state index < -0.39 is 0 Å². The Morgan fingerprint density at radius 3 is 2.48 bits per heavy atom. The first-order valence-electron chi connectivity index (χ1n) is 11.2. The molecule has 3 N–H and O–H groups in total. The summed E-state index contributed by atoms with van der Waals surface area (Å²) in [4.78, 5) is 8.96. The molecule has 0 saturated heterocycles. The average molecular weight is 435 g/mol. The molecule has 0 amide bonds. The Morgan fingerprint density at radius 2 is 1.73 bits per heavy atom. The van der Waals surface area contributed by atoms with Gasteiger partial charge in [0.05, 0.1) is 17.9 Å². The van der Waals surface area contributed by atoms with E-state index in [2.05, 4.69) is 51.0 Å². The second-order valence-electron chi connectivity index (χ2n) is 8.30. The molecule has 0 bridgehead atoms. The fourth-order valence-corrected chi connectivity index (χ4v) is 4.36. The van der Waals surface area contributed by atoms with Crippen LogP contribution in [0.15, 0.2) is 97.2 Å².